The average Bonchev–Trinajstić information content (AvgIpc) is 2.95. The van der Waals surface area contributed by atoms with E-state index in [0.717, 1.165) is 30.6 Å². The number of aliphatic hydroxyl groups excluding tert-OH is 1. The highest BCUT2D eigenvalue weighted by atomic mass is 16.5. The second kappa shape index (κ2) is 6.65. The van der Waals surface area contributed by atoms with E-state index < -0.39 is 12.1 Å². The molecule has 0 saturated carbocycles. The van der Waals surface area contributed by atoms with Gasteiger partial charge in [0.2, 0.25) is 0 Å². The van der Waals surface area contributed by atoms with E-state index in [1.54, 1.807) is 6.92 Å². The zero-order valence-corrected chi connectivity index (χ0v) is 13.7. The zero-order chi connectivity index (χ0) is 16.4. The van der Waals surface area contributed by atoms with Crippen molar-refractivity contribution in [2.45, 2.75) is 51.6 Å². The molecule has 0 spiro atoms. The Hall–Kier alpha value is -1.97. The first-order valence-corrected chi connectivity index (χ1v) is 8.52. The molecule has 1 N–H and O–H groups in total. The van der Waals surface area contributed by atoms with E-state index in [2.05, 4.69) is 13.0 Å². The summed E-state index contributed by atoms with van der Waals surface area (Å²) in [6.07, 6.45) is 3.34. The van der Waals surface area contributed by atoms with Gasteiger partial charge in [0.25, 0.3) is 0 Å². The molecule has 2 aliphatic rings. The van der Waals surface area contributed by atoms with Gasteiger partial charge >= 0.3 is 5.97 Å². The molecule has 23 heavy (non-hydrogen) atoms. The average molecular weight is 316 g/mol. The highest BCUT2D eigenvalue weighted by molar-refractivity contribution is 5.89. The molecular formula is C19H24O4. The van der Waals surface area contributed by atoms with Crippen molar-refractivity contribution in [1.29, 1.82) is 0 Å². The second-order valence-corrected chi connectivity index (χ2v) is 6.29. The smallest absolute Gasteiger partial charge is 0.337 e. The van der Waals surface area contributed by atoms with Crippen LogP contribution in [0.25, 0.3) is 0 Å². The third-order valence-electron chi connectivity index (χ3n) is 4.86. The summed E-state index contributed by atoms with van der Waals surface area (Å²) in [4.78, 5) is 12.2. The summed E-state index contributed by atoms with van der Waals surface area (Å²) in [6, 6.07) is 7.94. The van der Waals surface area contributed by atoms with E-state index in [4.69, 9.17) is 9.47 Å². The summed E-state index contributed by atoms with van der Waals surface area (Å²) in [5.41, 5.74) is 1.54. The van der Waals surface area contributed by atoms with Gasteiger partial charge in [-0.1, -0.05) is 38.0 Å². The summed E-state index contributed by atoms with van der Waals surface area (Å²) in [5, 5.41) is 10.6. The predicted molar refractivity (Wildman–Crippen MR) is 87.5 cm³/mol. The van der Waals surface area contributed by atoms with Crippen LogP contribution in [0, 0.1) is 5.92 Å². The predicted octanol–water partition coefficient (Wildman–Crippen LogP) is 4.12. The maximum Gasteiger partial charge on any atom is 0.337 e. The van der Waals surface area contributed by atoms with E-state index >= 15 is 0 Å². The minimum Gasteiger partial charge on any atom is -0.508 e. The van der Waals surface area contributed by atoms with Crippen molar-refractivity contribution in [3.63, 3.8) is 0 Å². The van der Waals surface area contributed by atoms with Gasteiger partial charge in [0.1, 0.15) is 11.5 Å². The Balaban J connectivity index is 1.97. The maximum absolute atomic E-state index is 12.2. The molecule has 0 radical (unpaired) electrons. The summed E-state index contributed by atoms with van der Waals surface area (Å²) in [7, 11) is 0. The quantitative estimate of drug-likeness (QED) is 0.830. The monoisotopic (exact) mass is 316 g/mol. The minimum absolute atomic E-state index is 0.0531. The Morgan fingerprint density at radius 2 is 2.13 bits per heavy atom. The van der Waals surface area contributed by atoms with E-state index in [0.29, 0.717) is 24.5 Å². The van der Waals surface area contributed by atoms with Gasteiger partial charge in [-0.25, -0.2) is 4.79 Å². The van der Waals surface area contributed by atoms with Gasteiger partial charge in [-0.2, -0.15) is 0 Å². The summed E-state index contributed by atoms with van der Waals surface area (Å²) in [6.45, 7) is 4.25. The lowest BCUT2D eigenvalue weighted by atomic mass is 9.72. The molecule has 1 aromatic rings. The zero-order valence-electron chi connectivity index (χ0n) is 13.7. The number of hydrogen-bond donors (Lipinski definition) is 1. The van der Waals surface area contributed by atoms with Crippen LogP contribution >= 0.6 is 0 Å². The van der Waals surface area contributed by atoms with Crippen LogP contribution in [-0.2, 0) is 9.53 Å². The van der Waals surface area contributed by atoms with Crippen molar-refractivity contribution >= 4 is 5.97 Å². The van der Waals surface area contributed by atoms with Crippen molar-refractivity contribution in [2.24, 2.45) is 5.92 Å². The Labute approximate surface area is 137 Å². The fourth-order valence-electron chi connectivity index (χ4n) is 3.78. The van der Waals surface area contributed by atoms with Crippen LogP contribution in [-0.4, -0.2) is 23.8 Å². The number of esters is 1. The standard InChI is InChI=1S/C19H24O4/c1-3-5-8-12-11-14(19(21)22-4-2)17(20)18-16(12)13-9-6-7-10-15(13)23-18/h6-7,9-10,12,16,18,20H,3-5,8,11H2,1-2H3/t12-,16-,18+/m0/s1. The largest absolute Gasteiger partial charge is 0.508 e. The SMILES string of the molecule is CCCC[C@H]1CC(C(=O)OCC)=C(O)[C@@H]2Oc3ccccc3[C@H]12. The van der Waals surface area contributed by atoms with E-state index in [1.807, 2.05) is 18.2 Å². The second-order valence-electron chi connectivity index (χ2n) is 6.29. The van der Waals surface area contributed by atoms with Gasteiger partial charge in [-0.3, -0.25) is 0 Å². The van der Waals surface area contributed by atoms with Gasteiger partial charge in [0.05, 0.1) is 12.2 Å². The van der Waals surface area contributed by atoms with Crippen LogP contribution in [0.3, 0.4) is 0 Å². The Kier molecular flexibility index (Phi) is 4.60. The Morgan fingerprint density at radius 1 is 1.35 bits per heavy atom. The van der Waals surface area contributed by atoms with Crippen molar-refractivity contribution in [3.8, 4) is 5.75 Å². The highest BCUT2D eigenvalue weighted by Crippen LogP contribution is 2.51. The van der Waals surface area contributed by atoms with E-state index in [1.165, 1.54) is 0 Å². The number of aliphatic hydroxyl groups is 1. The van der Waals surface area contributed by atoms with Crippen LogP contribution in [0.5, 0.6) is 5.75 Å². The molecule has 0 saturated heterocycles. The number of ether oxygens (including phenoxy) is 2. The van der Waals surface area contributed by atoms with Crippen molar-refractivity contribution in [3.05, 3.63) is 41.2 Å². The van der Waals surface area contributed by atoms with Crippen LogP contribution in [0.15, 0.2) is 35.6 Å². The van der Waals surface area contributed by atoms with Gasteiger partial charge in [0.15, 0.2) is 6.10 Å². The molecule has 4 nitrogen and oxygen atoms in total. The van der Waals surface area contributed by atoms with Crippen molar-refractivity contribution < 1.29 is 19.4 Å². The van der Waals surface area contributed by atoms with Gasteiger partial charge in [-0.05, 0) is 31.7 Å². The highest BCUT2D eigenvalue weighted by Gasteiger charge is 2.47. The summed E-state index contributed by atoms with van der Waals surface area (Å²) in [5.74, 6) is 0.873. The minimum atomic E-state index is -0.456. The number of unbranched alkanes of at least 4 members (excludes halogenated alkanes) is 1. The lowest BCUT2D eigenvalue weighted by molar-refractivity contribution is -0.139. The Morgan fingerprint density at radius 3 is 2.87 bits per heavy atom. The third kappa shape index (κ3) is 2.82. The molecule has 0 fully saturated rings. The van der Waals surface area contributed by atoms with Crippen LogP contribution < -0.4 is 4.74 Å². The number of rotatable bonds is 5. The molecule has 1 aromatic carbocycles. The van der Waals surface area contributed by atoms with E-state index in [-0.39, 0.29) is 11.7 Å². The lowest BCUT2D eigenvalue weighted by Crippen LogP contribution is -2.35. The summed E-state index contributed by atoms with van der Waals surface area (Å²) < 4.78 is 11.1. The van der Waals surface area contributed by atoms with Gasteiger partial charge in [-0.15, -0.1) is 0 Å². The van der Waals surface area contributed by atoms with Gasteiger partial charge in [0, 0.05) is 11.5 Å². The maximum atomic E-state index is 12.2. The number of para-hydroxylation sites is 1. The first-order chi connectivity index (χ1) is 11.2. The number of carbonyl (C=O) groups excluding carboxylic acids is 1. The molecule has 124 valence electrons. The number of fused-ring (bicyclic) bond motifs is 3. The molecule has 3 atom stereocenters. The molecule has 1 aliphatic heterocycles. The molecule has 1 heterocycles. The molecule has 0 bridgehead atoms. The first-order valence-electron chi connectivity index (χ1n) is 8.52. The first kappa shape index (κ1) is 15.9. The number of benzene rings is 1. The van der Waals surface area contributed by atoms with Crippen LogP contribution in [0.4, 0.5) is 0 Å². The van der Waals surface area contributed by atoms with E-state index in [9.17, 15) is 9.90 Å². The number of carbonyl (C=O) groups is 1. The number of hydrogen-bond acceptors (Lipinski definition) is 4. The van der Waals surface area contributed by atoms with Crippen LogP contribution in [0.1, 0.15) is 51.0 Å². The third-order valence-corrected chi connectivity index (χ3v) is 4.86. The lowest BCUT2D eigenvalue weighted by Gasteiger charge is -2.33. The van der Waals surface area contributed by atoms with Gasteiger partial charge < -0.3 is 14.6 Å². The molecule has 1 aliphatic carbocycles. The van der Waals surface area contributed by atoms with Crippen molar-refractivity contribution in [2.75, 3.05) is 6.61 Å². The molecule has 0 aromatic heterocycles. The normalized spacial score (nSPS) is 25.6. The fraction of sp³-hybridized carbons (Fsp3) is 0.526. The fourth-order valence-corrected chi connectivity index (χ4v) is 3.78. The van der Waals surface area contributed by atoms with Crippen molar-refractivity contribution in [1.82, 2.24) is 0 Å². The molecule has 4 heteroatoms. The molecule has 3 rings (SSSR count). The molecule has 0 amide bonds. The summed E-state index contributed by atoms with van der Waals surface area (Å²) >= 11 is 0. The molecular weight excluding hydrogens is 292 g/mol. The molecule has 0 unspecified atom stereocenters. The Bertz CT molecular complexity index is 620. The van der Waals surface area contributed by atoms with Crippen LogP contribution in [0.2, 0.25) is 0 Å². The topological polar surface area (TPSA) is 55.8 Å².